The van der Waals surface area contributed by atoms with Crippen LogP contribution in [0.1, 0.15) is 44.9 Å². The van der Waals surface area contributed by atoms with Crippen LogP contribution in [-0.2, 0) is 6.61 Å². The molecule has 1 aromatic carbocycles. The second kappa shape index (κ2) is 7.48. The molecule has 0 aliphatic carbocycles. The molecule has 7 heteroatoms. The van der Waals surface area contributed by atoms with Gasteiger partial charge in [-0.2, -0.15) is 0 Å². The zero-order chi connectivity index (χ0) is 17.8. The average molecular weight is 357 g/mol. The minimum atomic E-state index is -0.299. The number of ether oxygens (including phenoxy) is 1. The van der Waals surface area contributed by atoms with Gasteiger partial charge in [-0.1, -0.05) is 18.2 Å². The van der Waals surface area contributed by atoms with Gasteiger partial charge in [0.1, 0.15) is 12.0 Å². The van der Waals surface area contributed by atoms with Crippen molar-refractivity contribution >= 4 is 17.2 Å². The van der Waals surface area contributed by atoms with E-state index in [-0.39, 0.29) is 24.2 Å². The van der Waals surface area contributed by atoms with Gasteiger partial charge in [0.2, 0.25) is 5.89 Å². The molecule has 0 aliphatic heterocycles. The molecule has 0 aliphatic rings. The Bertz CT molecular complexity index is 858. The lowest BCUT2D eigenvalue weighted by molar-refractivity contribution is 0.0934. The van der Waals surface area contributed by atoms with Crippen LogP contribution in [0.5, 0.6) is 5.75 Å². The predicted octanol–water partition coefficient (Wildman–Crippen LogP) is 3.82. The molecule has 0 bridgehead atoms. The van der Waals surface area contributed by atoms with Crippen LogP contribution in [0, 0.1) is 13.8 Å². The highest BCUT2D eigenvalue weighted by Gasteiger charge is 2.19. The Hall–Kier alpha value is -2.67. The third-order valence-corrected chi connectivity index (χ3v) is 4.49. The maximum atomic E-state index is 12.3. The smallest absolute Gasteiger partial charge is 0.273 e. The molecule has 2 heterocycles. The molecule has 0 saturated heterocycles. The summed E-state index contributed by atoms with van der Waals surface area (Å²) < 4.78 is 10.9. The van der Waals surface area contributed by atoms with E-state index in [1.54, 1.807) is 11.3 Å². The Labute approximate surface area is 149 Å². The van der Waals surface area contributed by atoms with E-state index in [4.69, 9.17) is 9.15 Å². The highest BCUT2D eigenvalue weighted by atomic mass is 32.1. The molecule has 1 amide bonds. The summed E-state index contributed by atoms with van der Waals surface area (Å²) >= 11 is 1.62. The van der Waals surface area contributed by atoms with E-state index in [0.29, 0.717) is 5.89 Å². The second-order valence-electron chi connectivity index (χ2n) is 5.60. The molecule has 3 rings (SSSR count). The van der Waals surface area contributed by atoms with E-state index >= 15 is 0 Å². The predicted molar refractivity (Wildman–Crippen MR) is 94.7 cm³/mol. The highest BCUT2D eigenvalue weighted by Crippen LogP contribution is 2.22. The van der Waals surface area contributed by atoms with Crippen LogP contribution in [0.15, 0.2) is 41.0 Å². The number of para-hydroxylation sites is 1. The Kier molecular flexibility index (Phi) is 5.14. The zero-order valence-corrected chi connectivity index (χ0v) is 15.1. The second-order valence-corrected chi connectivity index (χ2v) is 7.00. The lowest BCUT2D eigenvalue weighted by atomic mass is 10.2. The third kappa shape index (κ3) is 4.24. The van der Waals surface area contributed by atoms with Crippen molar-refractivity contribution in [1.82, 2.24) is 15.3 Å². The minimum Gasteiger partial charge on any atom is -0.484 e. The Morgan fingerprint density at radius 1 is 1.28 bits per heavy atom. The molecule has 0 radical (unpaired) electrons. The summed E-state index contributed by atoms with van der Waals surface area (Å²) in [5.41, 5.74) is 1.11. The first-order chi connectivity index (χ1) is 12.0. The summed E-state index contributed by atoms with van der Waals surface area (Å²) in [6, 6.07) is 9.17. The van der Waals surface area contributed by atoms with Gasteiger partial charge in [0.25, 0.3) is 5.91 Å². The molecular formula is C18H19N3O3S. The molecule has 0 fully saturated rings. The number of carbonyl (C=O) groups excluding carboxylic acids is 1. The first-order valence-corrected chi connectivity index (χ1v) is 8.71. The van der Waals surface area contributed by atoms with Gasteiger partial charge in [-0.05, 0) is 32.9 Å². The molecule has 1 N–H and O–H groups in total. The van der Waals surface area contributed by atoms with Crippen molar-refractivity contribution in [3.63, 3.8) is 0 Å². The van der Waals surface area contributed by atoms with Crippen molar-refractivity contribution in [3.8, 4) is 5.75 Å². The molecule has 130 valence electrons. The number of nitrogens with one attached hydrogen (secondary N) is 1. The van der Waals surface area contributed by atoms with Crippen LogP contribution in [-0.4, -0.2) is 15.9 Å². The number of thiazole rings is 1. The van der Waals surface area contributed by atoms with E-state index < -0.39 is 0 Å². The Balaban J connectivity index is 1.59. The number of aromatic nitrogens is 2. The number of benzene rings is 1. The topological polar surface area (TPSA) is 77.2 Å². The van der Waals surface area contributed by atoms with Crippen molar-refractivity contribution in [2.45, 2.75) is 33.4 Å². The van der Waals surface area contributed by atoms with Gasteiger partial charge in [-0.3, -0.25) is 4.79 Å². The van der Waals surface area contributed by atoms with E-state index in [1.165, 1.54) is 6.26 Å². The number of aryl methyl sites for hydroxylation is 2. The van der Waals surface area contributed by atoms with Gasteiger partial charge in [0, 0.05) is 4.88 Å². The molecular weight excluding hydrogens is 338 g/mol. The fraction of sp³-hybridized carbons (Fsp3) is 0.278. The van der Waals surface area contributed by atoms with Gasteiger partial charge in [-0.25, -0.2) is 9.97 Å². The van der Waals surface area contributed by atoms with Gasteiger partial charge < -0.3 is 14.5 Å². The fourth-order valence-electron chi connectivity index (χ4n) is 2.43. The average Bonchev–Trinajstić information content (AvgIpc) is 3.20. The standard InChI is InChI=1S/C18H19N3O3S/c1-11(17-12(2)25-13(3)20-17)19-18(22)15-9-24-16(21-15)10-23-14-7-5-4-6-8-14/h4-9,11H,10H2,1-3H3,(H,19,22)/t11-/m0/s1. The largest absolute Gasteiger partial charge is 0.484 e. The molecule has 0 spiro atoms. The lowest BCUT2D eigenvalue weighted by Gasteiger charge is -2.11. The number of hydrogen-bond acceptors (Lipinski definition) is 6. The maximum absolute atomic E-state index is 12.3. The number of hydrogen-bond donors (Lipinski definition) is 1. The van der Waals surface area contributed by atoms with Crippen molar-refractivity contribution < 1.29 is 13.9 Å². The van der Waals surface area contributed by atoms with E-state index in [2.05, 4.69) is 15.3 Å². The summed E-state index contributed by atoms with van der Waals surface area (Å²) in [6.07, 6.45) is 1.34. The van der Waals surface area contributed by atoms with Crippen molar-refractivity contribution in [1.29, 1.82) is 0 Å². The van der Waals surface area contributed by atoms with Crippen LogP contribution in [0.3, 0.4) is 0 Å². The monoisotopic (exact) mass is 357 g/mol. The first-order valence-electron chi connectivity index (χ1n) is 7.90. The summed E-state index contributed by atoms with van der Waals surface area (Å²) in [5, 5.41) is 3.88. The Morgan fingerprint density at radius 2 is 2.04 bits per heavy atom. The highest BCUT2D eigenvalue weighted by molar-refractivity contribution is 7.11. The Morgan fingerprint density at radius 3 is 2.72 bits per heavy atom. The third-order valence-electron chi connectivity index (χ3n) is 3.59. The van der Waals surface area contributed by atoms with Crippen LogP contribution in [0.25, 0.3) is 0 Å². The number of carbonyl (C=O) groups is 1. The van der Waals surface area contributed by atoms with Crippen LogP contribution in [0.4, 0.5) is 0 Å². The van der Waals surface area contributed by atoms with E-state index in [0.717, 1.165) is 21.3 Å². The normalized spacial score (nSPS) is 12.0. The van der Waals surface area contributed by atoms with E-state index in [9.17, 15) is 4.79 Å². The van der Waals surface area contributed by atoms with Gasteiger partial charge >= 0.3 is 0 Å². The van der Waals surface area contributed by atoms with Crippen LogP contribution in [0.2, 0.25) is 0 Å². The van der Waals surface area contributed by atoms with Crippen molar-refractivity contribution in [2.24, 2.45) is 0 Å². The molecule has 25 heavy (non-hydrogen) atoms. The van der Waals surface area contributed by atoms with Crippen LogP contribution >= 0.6 is 11.3 Å². The van der Waals surface area contributed by atoms with Crippen molar-refractivity contribution in [3.05, 3.63) is 63.8 Å². The maximum Gasteiger partial charge on any atom is 0.273 e. The summed E-state index contributed by atoms with van der Waals surface area (Å²) in [6.45, 7) is 6.01. The fourth-order valence-corrected chi connectivity index (χ4v) is 3.34. The SMILES string of the molecule is Cc1nc([C@H](C)NC(=O)c2coc(COc3ccccc3)n2)c(C)s1. The zero-order valence-electron chi connectivity index (χ0n) is 14.3. The first kappa shape index (κ1) is 17.2. The minimum absolute atomic E-state index is 0.164. The molecule has 6 nitrogen and oxygen atoms in total. The number of oxazole rings is 1. The molecule has 0 saturated carbocycles. The molecule has 2 aromatic heterocycles. The van der Waals surface area contributed by atoms with Gasteiger partial charge in [0.05, 0.1) is 16.7 Å². The molecule has 3 aromatic rings. The van der Waals surface area contributed by atoms with Crippen molar-refractivity contribution in [2.75, 3.05) is 0 Å². The number of rotatable bonds is 6. The van der Waals surface area contributed by atoms with Crippen LogP contribution < -0.4 is 10.1 Å². The summed E-state index contributed by atoms with van der Waals surface area (Å²) in [7, 11) is 0. The van der Waals surface area contributed by atoms with E-state index in [1.807, 2.05) is 51.1 Å². The molecule has 1 atom stereocenters. The lowest BCUT2D eigenvalue weighted by Crippen LogP contribution is -2.27. The number of amides is 1. The summed E-state index contributed by atoms with van der Waals surface area (Å²) in [5.74, 6) is 0.768. The van der Waals surface area contributed by atoms with Gasteiger partial charge in [-0.15, -0.1) is 11.3 Å². The van der Waals surface area contributed by atoms with Gasteiger partial charge in [0.15, 0.2) is 12.3 Å². The quantitative estimate of drug-likeness (QED) is 0.726. The molecule has 0 unspecified atom stereocenters. The summed E-state index contributed by atoms with van der Waals surface area (Å²) in [4.78, 5) is 22.1. The number of nitrogens with zero attached hydrogens (tertiary/aromatic N) is 2.